The van der Waals surface area contributed by atoms with Crippen LogP contribution < -0.4 is 5.32 Å². The molecule has 0 unspecified atom stereocenters. The van der Waals surface area contributed by atoms with Crippen LogP contribution in [-0.4, -0.2) is 19.5 Å². The van der Waals surface area contributed by atoms with Gasteiger partial charge in [-0.1, -0.05) is 30.3 Å². The van der Waals surface area contributed by atoms with E-state index in [4.69, 9.17) is 12.2 Å². The summed E-state index contributed by atoms with van der Waals surface area (Å²) >= 11 is 5.47. The molecule has 4 aromatic rings. The second-order valence-electron chi connectivity index (χ2n) is 6.34. The van der Waals surface area contributed by atoms with Gasteiger partial charge in [-0.25, -0.2) is 9.97 Å². The number of rotatable bonds is 4. The zero-order valence-electron chi connectivity index (χ0n) is 14.2. The maximum absolute atomic E-state index is 5.47. The van der Waals surface area contributed by atoms with Gasteiger partial charge in [0.05, 0.1) is 16.6 Å². The van der Waals surface area contributed by atoms with E-state index in [0.717, 1.165) is 32.5 Å². The quantitative estimate of drug-likeness (QED) is 0.518. The third-order valence-corrected chi connectivity index (χ3v) is 4.59. The Morgan fingerprint density at radius 1 is 1.16 bits per heavy atom. The molecule has 0 fully saturated rings. The number of anilines is 1. The maximum Gasteiger partial charge on any atom is 0.178 e. The summed E-state index contributed by atoms with van der Waals surface area (Å²) in [6.07, 6.45) is 1.60. The summed E-state index contributed by atoms with van der Waals surface area (Å²) in [7, 11) is 0. The van der Waals surface area contributed by atoms with Gasteiger partial charge in [0.25, 0.3) is 0 Å². The lowest BCUT2D eigenvalue weighted by Gasteiger charge is -2.10. The van der Waals surface area contributed by atoms with E-state index in [1.807, 2.05) is 18.2 Å². The molecular formula is C19H19N5S. The van der Waals surface area contributed by atoms with E-state index < -0.39 is 0 Å². The first-order valence-electron chi connectivity index (χ1n) is 8.30. The molecule has 0 aliphatic heterocycles. The molecule has 0 aliphatic rings. The Labute approximate surface area is 150 Å². The number of aromatic nitrogens is 4. The van der Waals surface area contributed by atoms with Crippen molar-refractivity contribution >= 4 is 40.0 Å². The fraction of sp³-hybridized carbons (Fsp3) is 0.211. The number of hydrogen-bond acceptors (Lipinski definition) is 4. The van der Waals surface area contributed by atoms with E-state index in [-0.39, 0.29) is 6.04 Å². The lowest BCUT2D eigenvalue weighted by atomic mass is 10.2. The monoisotopic (exact) mass is 349 g/mol. The Morgan fingerprint density at radius 2 is 1.96 bits per heavy atom. The van der Waals surface area contributed by atoms with Crippen LogP contribution in [0.25, 0.3) is 21.9 Å². The summed E-state index contributed by atoms with van der Waals surface area (Å²) in [5, 5.41) is 4.40. The molecule has 0 radical (unpaired) electrons. The van der Waals surface area contributed by atoms with Crippen LogP contribution in [0.1, 0.15) is 25.5 Å². The van der Waals surface area contributed by atoms with Gasteiger partial charge in [-0.05, 0) is 43.8 Å². The predicted molar refractivity (Wildman–Crippen MR) is 104 cm³/mol. The van der Waals surface area contributed by atoms with Crippen LogP contribution in [0.4, 0.5) is 5.82 Å². The third kappa shape index (κ3) is 2.89. The zero-order chi connectivity index (χ0) is 17.4. The van der Waals surface area contributed by atoms with Gasteiger partial charge in [-0.2, -0.15) is 0 Å². The second kappa shape index (κ2) is 6.29. The molecule has 0 amide bonds. The predicted octanol–water partition coefficient (Wildman–Crippen LogP) is 4.84. The highest BCUT2D eigenvalue weighted by atomic mass is 32.1. The van der Waals surface area contributed by atoms with Crippen LogP contribution in [0.5, 0.6) is 0 Å². The van der Waals surface area contributed by atoms with Crippen molar-refractivity contribution in [2.75, 3.05) is 5.32 Å². The van der Waals surface area contributed by atoms with Crippen molar-refractivity contribution in [3.05, 3.63) is 59.1 Å². The maximum atomic E-state index is 5.47. The first-order chi connectivity index (χ1) is 12.1. The van der Waals surface area contributed by atoms with Crippen molar-refractivity contribution in [2.45, 2.75) is 26.4 Å². The Hall–Kier alpha value is -2.73. The number of hydrogen-bond donors (Lipinski definition) is 2. The first kappa shape index (κ1) is 15.8. The van der Waals surface area contributed by atoms with Crippen LogP contribution in [0, 0.1) is 4.77 Å². The first-order valence-corrected chi connectivity index (χ1v) is 8.71. The number of nitrogens with zero attached hydrogens (tertiary/aromatic N) is 3. The molecule has 0 bridgehead atoms. The Kier molecular flexibility index (Phi) is 3.97. The van der Waals surface area contributed by atoms with E-state index in [0.29, 0.717) is 6.54 Å². The Balaban J connectivity index is 1.80. The minimum absolute atomic E-state index is 0.288. The molecule has 126 valence electrons. The molecule has 0 aliphatic carbocycles. The van der Waals surface area contributed by atoms with Crippen LogP contribution in [0.3, 0.4) is 0 Å². The van der Waals surface area contributed by atoms with Crippen molar-refractivity contribution in [2.24, 2.45) is 0 Å². The molecule has 0 saturated carbocycles. The molecule has 4 rings (SSSR count). The van der Waals surface area contributed by atoms with Gasteiger partial charge in [0.2, 0.25) is 0 Å². The van der Waals surface area contributed by atoms with Gasteiger partial charge in [0, 0.05) is 18.0 Å². The summed E-state index contributed by atoms with van der Waals surface area (Å²) in [6, 6.07) is 14.7. The lowest BCUT2D eigenvalue weighted by molar-refractivity contribution is 0.610. The molecule has 5 nitrogen and oxygen atoms in total. The molecule has 25 heavy (non-hydrogen) atoms. The highest BCUT2D eigenvalue weighted by Crippen LogP contribution is 2.27. The van der Waals surface area contributed by atoms with Crippen LogP contribution in [-0.2, 0) is 6.54 Å². The number of fused-ring (bicyclic) bond motifs is 2. The van der Waals surface area contributed by atoms with E-state index in [1.165, 1.54) is 5.56 Å². The van der Waals surface area contributed by atoms with Crippen molar-refractivity contribution in [1.29, 1.82) is 0 Å². The van der Waals surface area contributed by atoms with Gasteiger partial charge in [-0.3, -0.25) is 0 Å². The summed E-state index contributed by atoms with van der Waals surface area (Å²) in [4.78, 5) is 12.2. The third-order valence-electron chi connectivity index (χ3n) is 4.29. The van der Waals surface area contributed by atoms with Crippen molar-refractivity contribution in [3.8, 4) is 0 Å². The van der Waals surface area contributed by atoms with Gasteiger partial charge in [0.15, 0.2) is 4.77 Å². The number of aromatic amines is 1. The summed E-state index contributed by atoms with van der Waals surface area (Å²) in [5.41, 5.74) is 4.19. The van der Waals surface area contributed by atoms with E-state index in [2.05, 4.69) is 62.9 Å². The van der Waals surface area contributed by atoms with E-state index >= 15 is 0 Å². The van der Waals surface area contributed by atoms with Crippen molar-refractivity contribution < 1.29 is 0 Å². The number of H-pyrrole nitrogens is 1. The van der Waals surface area contributed by atoms with Crippen LogP contribution in [0.15, 0.2) is 48.8 Å². The highest BCUT2D eigenvalue weighted by molar-refractivity contribution is 7.71. The van der Waals surface area contributed by atoms with Gasteiger partial charge in [0.1, 0.15) is 12.1 Å². The number of imidazole rings is 1. The molecule has 6 heteroatoms. The SMILES string of the molecule is CC(C)n1c(=S)[nH]c2cc3c(NCc4ccccc4)ncnc3cc21. The largest absolute Gasteiger partial charge is 0.365 e. The van der Waals surface area contributed by atoms with Gasteiger partial charge < -0.3 is 14.9 Å². The fourth-order valence-electron chi connectivity index (χ4n) is 3.11. The van der Waals surface area contributed by atoms with Gasteiger partial charge >= 0.3 is 0 Å². The van der Waals surface area contributed by atoms with E-state index in [9.17, 15) is 0 Å². The summed E-state index contributed by atoms with van der Waals surface area (Å²) in [6.45, 7) is 4.97. The fourth-order valence-corrected chi connectivity index (χ4v) is 3.53. The number of benzene rings is 2. The topological polar surface area (TPSA) is 58.5 Å². The zero-order valence-corrected chi connectivity index (χ0v) is 15.0. The lowest BCUT2D eigenvalue weighted by Crippen LogP contribution is -2.03. The van der Waals surface area contributed by atoms with E-state index in [1.54, 1.807) is 6.33 Å². The molecule has 2 aromatic heterocycles. The van der Waals surface area contributed by atoms with Crippen molar-refractivity contribution in [3.63, 3.8) is 0 Å². The van der Waals surface area contributed by atoms with Crippen molar-refractivity contribution in [1.82, 2.24) is 19.5 Å². The highest BCUT2D eigenvalue weighted by Gasteiger charge is 2.11. The summed E-state index contributed by atoms with van der Waals surface area (Å²) < 4.78 is 2.84. The molecule has 2 aromatic carbocycles. The molecule has 2 N–H and O–H groups in total. The molecule has 0 saturated heterocycles. The molecule has 0 spiro atoms. The second-order valence-corrected chi connectivity index (χ2v) is 6.73. The normalized spacial score (nSPS) is 11.5. The minimum atomic E-state index is 0.288. The average molecular weight is 349 g/mol. The Bertz CT molecular complexity index is 1100. The smallest absolute Gasteiger partial charge is 0.178 e. The standard InChI is InChI=1S/C19H19N5S/c1-12(2)24-17-9-15-14(8-16(17)23-19(24)25)18(22-11-21-15)20-10-13-6-4-3-5-7-13/h3-9,11-12H,10H2,1-2H3,(H,23,25)(H,20,21,22). The molecule has 2 heterocycles. The number of nitrogens with one attached hydrogen (secondary N) is 2. The molecule has 0 atom stereocenters. The van der Waals surface area contributed by atoms with Gasteiger partial charge in [-0.15, -0.1) is 0 Å². The Morgan fingerprint density at radius 3 is 2.72 bits per heavy atom. The minimum Gasteiger partial charge on any atom is -0.365 e. The average Bonchev–Trinajstić information content (AvgIpc) is 2.93. The molecular weight excluding hydrogens is 330 g/mol. The summed E-state index contributed by atoms with van der Waals surface area (Å²) in [5.74, 6) is 0.826. The van der Waals surface area contributed by atoms with Crippen LogP contribution >= 0.6 is 12.2 Å². The van der Waals surface area contributed by atoms with Crippen LogP contribution in [0.2, 0.25) is 0 Å².